The van der Waals surface area contributed by atoms with Crippen molar-refractivity contribution in [3.8, 4) is 0 Å². The fourth-order valence-electron chi connectivity index (χ4n) is 2.03. The molecule has 3 N–H and O–H groups in total. The Morgan fingerprint density at radius 1 is 1.53 bits per heavy atom. The molecule has 1 saturated heterocycles. The van der Waals surface area contributed by atoms with Crippen LogP contribution in [0.5, 0.6) is 0 Å². The van der Waals surface area contributed by atoms with Crippen molar-refractivity contribution in [3.63, 3.8) is 0 Å². The van der Waals surface area contributed by atoms with Crippen molar-refractivity contribution in [2.45, 2.75) is 39.2 Å². The van der Waals surface area contributed by atoms with Gasteiger partial charge in [0.15, 0.2) is 0 Å². The van der Waals surface area contributed by atoms with E-state index in [0.29, 0.717) is 11.0 Å². The van der Waals surface area contributed by atoms with Crippen LogP contribution < -0.4 is 16.0 Å². The highest BCUT2D eigenvalue weighted by Crippen LogP contribution is 2.18. The van der Waals surface area contributed by atoms with Crippen molar-refractivity contribution < 1.29 is 4.79 Å². The predicted molar refractivity (Wildman–Crippen MR) is 76.5 cm³/mol. The molecule has 7 heteroatoms. The molecular formula is C12H21N5OS. The monoisotopic (exact) mass is 283 g/mol. The first kappa shape index (κ1) is 14.2. The van der Waals surface area contributed by atoms with Crippen LogP contribution in [-0.4, -0.2) is 35.4 Å². The third-order valence-corrected chi connectivity index (χ3v) is 3.76. The summed E-state index contributed by atoms with van der Waals surface area (Å²) < 4.78 is 0. The summed E-state index contributed by atoms with van der Waals surface area (Å²) in [5.41, 5.74) is 0. The molecule has 6 nitrogen and oxygen atoms in total. The molecule has 0 unspecified atom stereocenters. The first-order valence-corrected chi connectivity index (χ1v) is 7.55. The number of hydrogen-bond donors (Lipinski definition) is 3. The lowest BCUT2D eigenvalue weighted by Crippen LogP contribution is -2.47. The number of piperidine rings is 1. The molecule has 1 fully saturated rings. The molecule has 1 aromatic rings. The number of amides is 2. The molecule has 19 heavy (non-hydrogen) atoms. The highest BCUT2D eigenvalue weighted by atomic mass is 32.1. The third-order valence-electron chi connectivity index (χ3n) is 2.90. The minimum absolute atomic E-state index is 0.194. The van der Waals surface area contributed by atoms with E-state index in [2.05, 4.69) is 40.0 Å². The van der Waals surface area contributed by atoms with E-state index in [-0.39, 0.29) is 12.1 Å². The lowest BCUT2D eigenvalue weighted by molar-refractivity contribution is 0.245. The number of carbonyl (C=O) groups excluding carboxylic acids is 1. The number of nitrogens with one attached hydrogen (secondary N) is 3. The second-order valence-corrected chi connectivity index (χ2v) is 6.30. The number of urea groups is 1. The van der Waals surface area contributed by atoms with Gasteiger partial charge in [-0.25, -0.2) is 4.79 Å². The minimum atomic E-state index is -0.194. The summed E-state index contributed by atoms with van der Waals surface area (Å²) in [7, 11) is 0. The zero-order chi connectivity index (χ0) is 13.7. The maximum absolute atomic E-state index is 11.8. The van der Waals surface area contributed by atoms with Crippen molar-refractivity contribution in [2.24, 2.45) is 5.92 Å². The molecule has 1 atom stereocenters. The Kier molecular flexibility index (Phi) is 5.09. The lowest BCUT2D eigenvalue weighted by atomic mass is 10.1. The van der Waals surface area contributed by atoms with E-state index < -0.39 is 0 Å². The maximum atomic E-state index is 11.8. The molecule has 106 valence electrons. The highest BCUT2D eigenvalue weighted by Gasteiger charge is 2.16. The second-order valence-electron chi connectivity index (χ2n) is 5.24. The lowest BCUT2D eigenvalue weighted by Gasteiger charge is -2.23. The van der Waals surface area contributed by atoms with Crippen molar-refractivity contribution >= 4 is 22.5 Å². The number of rotatable bonds is 4. The SMILES string of the molecule is CC(C)Cc1nnc(NC(=O)N[C@H]2CCCNC2)s1. The van der Waals surface area contributed by atoms with E-state index >= 15 is 0 Å². The summed E-state index contributed by atoms with van der Waals surface area (Å²) in [5.74, 6) is 0.544. The molecule has 0 bridgehead atoms. The summed E-state index contributed by atoms with van der Waals surface area (Å²) in [5, 5.41) is 18.5. The molecule has 1 aliphatic rings. The number of nitrogens with zero attached hydrogens (tertiary/aromatic N) is 2. The fraction of sp³-hybridized carbons (Fsp3) is 0.750. The number of anilines is 1. The van der Waals surface area contributed by atoms with Crippen LogP contribution in [0.1, 0.15) is 31.7 Å². The Morgan fingerprint density at radius 2 is 2.37 bits per heavy atom. The van der Waals surface area contributed by atoms with Gasteiger partial charge in [0.05, 0.1) is 0 Å². The first-order chi connectivity index (χ1) is 9.13. The van der Waals surface area contributed by atoms with Crippen molar-refractivity contribution in [1.82, 2.24) is 20.8 Å². The van der Waals surface area contributed by atoms with Gasteiger partial charge in [0, 0.05) is 19.0 Å². The summed E-state index contributed by atoms with van der Waals surface area (Å²) in [4.78, 5) is 11.8. The smallest absolute Gasteiger partial charge is 0.321 e. The Bertz CT molecular complexity index is 414. The van der Waals surface area contributed by atoms with Gasteiger partial charge in [-0.2, -0.15) is 0 Å². The molecular weight excluding hydrogens is 262 g/mol. The fourth-order valence-corrected chi connectivity index (χ4v) is 2.98. The van der Waals surface area contributed by atoms with Crippen LogP contribution in [0, 0.1) is 5.92 Å². The van der Waals surface area contributed by atoms with Gasteiger partial charge in [0.1, 0.15) is 5.01 Å². The number of carbonyl (C=O) groups is 1. The maximum Gasteiger partial charge on any atom is 0.321 e. The first-order valence-electron chi connectivity index (χ1n) is 6.74. The van der Waals surface area contributed by atoms with E-state index in [1.807, 2.05) is 0 Å². The average molecular weight is 283 g/mol. The van der Waals surface area contributed by atoms with Gasteiger partial charge in [-0.1, -0.05) is 25.2 Å². The second kappa shape index (κ2) is 6.81. The molecule has 0 spiro atoms. The number of aromatic nitrogens is 2. The molecule has 0 saturated carbocycles. The van der Waals surface area contributed by atoms with Gasteiger partial charge in [-0.05, 0) is 25.3 Å². The van der Waals surface area contributed by atoms with Crippen LogP contribution in [0.2, 0.25) is 0 Å². The minimum Gasteiger partial charge on any atom is -0.334 e. The zero-order valence-electron chi connectivity index (χ0n) is 11.4. The van der Waals surface area contributed by atoms with E-state index in [9.17, 15) is 4.79 Å². The average Bonchev–Trinajstić information content (AvgIpc) is 2.76. The molecule has 0 aliphatic carbocycles. The van der Waals surface area contributed by atoms with Gasteiger partial charge in [-0.3, -0.25) is 5.32 Å². The molecule has 2 heterocycles. The van der Waals surface area contributed by atoms with Crippen LogP contribution in [0.4, 0.5) is 9.93 Å². The third kappa shape index (κ3) is 4.76. The Hall–Kier alpha value is -1.21. The highest BCUT2D eigenvalue weighted by molar-refractivity contribution is 7.15. The van der Waals surface area contributed by atoms with Crippen molar-refractivity contribution in [2.75, 3.05) is 18.4 Å². The molecule has 1 aromatic heterocycles. The Morgan fingerprint density at radius 3 is 3.05 bits per heavy atom. The van der Waals surface area contributed by atoms with E-state index in [0.717, 1.165) is 37.4 Å². The number of hydrogen-bond acceptors (Lipinski definition) is 5. The van der Waals surface area contributed by atoms with Crippen LogP contribution in [-0.2, 0) is 6.42 Å². The summed E-state index contributed by atoms with van der Waals surface area (Å²) in [6.07, 6.45) is 3.02. The van der Waals surface area contributed by atoms with Gasteiger partial charge in [0.25, 0.3) is 0 Å². The molecule has 0 radical (unpaired) electrons. The van der Waals surface area contributed by atoms with Gasteiger partial charge in [0.2, 0.25) is 5.13 Å². The van der Waals surface area contributed by atoms with Crippen LogP contribution in [0.15, 0.2) is 0 Å². The van der Waals surface area contributed by atoms with E-state index in [1.165, 1.54) is 11.3 Å². The quantitative estimate of drug-likeness (QED) is 0.784. The van der Waals surface area contributed by atoms with Crippen molar-refractivity contribution in [3.05, 3.63) is 5.01 Å². The van der Waals surface area contributed by atoms with Gasteiger partial charge < -0.3 is 10.6 Å². The predicted octanol–water partition coefficient (Wildman–Crippen LogP) is 1.61. The van der Waals surface area contributed by atoms with Gasteiger partial charge >= 0.3 is 6.03 Å². The molecule has 1 aliphatic heterocycles. The van der Waals surface area contributed by atoms with E-state index in [4.69, 9.17) is 0 Å². The molecule has 2 amide bonds. The van der Waals surface area contributed by atoms with E-state index in [1.54, 1.807) is 0 Å². The summed E-state index contributed by atoms with van der Waals surface area (Å²) in [6.45, 7) is 6.14. The summed E-state index contributed by atoms with van der Waals surface area (Å²) in [6, 6.07) is 0.0118. The summed E-state index contributed by atoms with van der Waals surface area (Å²) >= 11 is 1.44. The van der Waals surface area contributed by atoms with Crippen LogP contribution in [0.3, 0.4) is 0 Å². The Labute approximate surface area is 117 Å². The largest absolute Gasteiger partial charge is 0.334 e. The standard InChI is InChI=1S/C12H21N5OS/c1-8(2)6-10-16-17-12(19-10)15-11(18)14-9-4-3-5-13-7-9/h8-9,13H,3-7H2,1-2H3,(H2,14,15,17,18)/t9-/m0/s1. The topological polar surface area (TPSA) is 78.9 Å². The van der Waals surface area contributed by atoms with Gasteiger partial charge in [-0.15, -0.1) is 10.2 Å². The van der Waals surface area contributed by atoms with Crippen molar-refractivity contribution in [1.29, 1.82) is 0 Å². The van der Waals surface area contributed by atoms with Crippen LogP contribution >= 0.6 is 11.3 Å². The normalized spacial score (nSPS) is 19.4. The Balaban J connectivity index is 1.79. The molecule has 2 rings (SSSR count). The zero-order valence-corrected chi connectivity index (χ0v) is 12.2. The molecule has 0 aromatic carbocycles. The van der Waals surface area contributed by atoms with Crippen LogP contribution in [0.25, 0.3) is 0 Å².